The number of para-hydroxylation sites is 1. The average Bonchev–Trinajstić information content (AvgIpc) is 2.62. The van der Waals surface area contributed by atoms with Crippen molar-refractivity contribution in [1.29, 1.82) is 0 Å². The SMILES string of the molecule is C[C@H](NC(=O)CCCc1nc2ccccc2c(=O)[nH]1)c1cccnc1. The van der Waals surface area contributed by atoms with Crippen LogP contribution in [0.4, 0.5) is 0 Å². The number of pyridine rings is 1. The second-order valence-electron chi connectivity index (χ2n) is 5.96. The van der Waals surface area contributed by atoms with Gasteiger partial charge in [-0.25, -0.2) is 4.98 Å². The van der Waals surface area contributed by atoms with Crippen LogP contribution in [0.3, 0.4) is 0 Å². The maximum absolute atomic E-state index is 12.1. The molecular weight excluding hydrogens is 316 g/mol. The summed E-state index contributed by atoms with van der Waals surface area (Å²) in [6.45, 7) is 1.93. The van der Waals surface area contributed by atoms with Crippen LogP contribution in [0.5, 0.6) is 0 Å². The van der Waals surface area contributed by atoms with E-state index in [-0.39, 0.29) is 17.5 Å². The molecule has 0 fully saturated rings. The summed E-state index contributed by atoms with van der Waals surface area (Å²) < 4.78 is 0. The van der Waals surface area contributed by atoms with E-state index in [9.17, 15) is 9.59 Å². The third-order valence-corrected chi connectivity index (χ3v) is 4.04. The zero-order valence-corrected chi connectivity index (χ0v) is 14.0. The molecule has 6 heteroatoms. The molecule has 0 unspecified atom stereocenters. The average molecular weight is 336 g/mol. The molecule has 0 spiro atoms. The Bertz CT molecular complexity index is 921. The van der Waals surface area contributed by atoms with Gasteiger partial charge in [0.25, 0.3) is 5.56 Å². The Labute approximate surface area is 145 Å². The number of nitrogens with one attached hydrogen (secondary N) is 2. The van der Waals surface area contributed by atoms with Gasteiger partial charge in [0.2, 0.25) is 5.91 Å². The van der Waals surface area contributed by atoms with Crippen molar-refractivity contribution < 1.29 is 4.79 Å². The van der Waals surface area contributed by atoms with Crippen LogP contribution in [0.1, 0.15) is 37.2 Å². The number of aromatic nitrogens is 3. The number of aryl methyl sites for hydroxylation is 1. The van der Waals surface area contributed by atoms with Crippen molar-refractivity contribution in [1.82, 2.24) is 20.3 Å². The lowest BCUT2D eigenvalue weighted by Gasteiger charge is -2.13. The summed E-state index contributed by atoms with van der Waals surface area (Å²) in [6.07, 6.45) is 4.99. The van der Waals surface area contributed by atoms with Gasteiger partial charge in [-0.2, -0.15) is 0 Å². The third kappa shape index (κ3) is 4.29. The predicted octanol–water partition coefficient (Wildman–Crippen LogP) is 2.52. The van der Waals surface area contributed by atoms with E-state index in [0.29, 0.717) is 36.0 Å². The van der Waals surface area contributed by atoms with E-state index in [0.717, 1.165) is 5.56 Å². The van der Waals surface area contributed by atoms with Crippen LogP contribution in [0, 0.1) is 0 Å². The van der Waals surface area contributed by atoms with Gasteiger partial charge in [-0.1, -0.05) is 18.2 Å². The summed E-state index contributed by atoms with van der Waals surface area (Å²) in [5.74, 6) is 0.580. The summed E-state index contributed by atoms with van der Waals surface area (Å²) in [4.78, 5) is 35.4. The van der Waals surface area contributed by atoms with E-state index >= 15 is 0 Å². The first-order valence-electron chi connectivity index (χ1n) is 8.31. The standard InChI is InChI=1S/C19H20N4O2/c1-13(14-6-5-11-20-12-14)21-18(24)10-4-9-17-22-16-8-3-2-7-15(16)19(25)23-17/h2-3,5-8,11-13H,4,9-10H2,1H3,(H,21,24)(H,22,23,25)/t13-/m0/s1. The molecule has 3 aromatic rings. The molecule has 2 heterocycles. The number of rotatable bonds is 6. The molecule has 25 heavy (non-hydrogen) atoms. The number of benzene rings is 1. The summed E-state index contributed by atoms with van der Waals surface area (Å²) in [7, 11) is 0. The number of aromatic amines is 1. The number of H-pyrrole nitrogens is 1. The van der Waals surface area contributed by atoms with Crippen molar-refractivity contribution in [2.24, 2.45) is 0 Å². The first-order valence-corrected chi connectivity index (χ1v) is 8.31. The number of amides is 1. The van der Waals surface area contributed by atoms with Gasteiger partial charge in [-0.05, 0) is 37.1 Å². The number of hydrogen-bond acceptors (Lipinski definition) is 4. The van der Waals surface area contributed by atoms with Crippen LogP contribution in [-0.4, -0.2) is 20.9 Å². The number of fused-ring (bicyclic) bond motifs is 1. The van der Waals surface area contributed by atoms with E-state index in [1.807, 2.05) is 37.3 Å². The van der Waals surface area contributed by atoms with Crippen molar-refractivity contribution in [2.45, 2.75) is 32.2 Å². The lowest BCUT2D eigenvalue weighted by molar-refractivity contribution is -0.121. The number of nitrogens with zero attached hydrogens (tertiary/aromatic N) is 2. The van der Waals surface area contributed by atoms with Gasteiger partial charge >= 0.3 is 0 Å². The molecule has 0 radical (unpaired) electrons. The fourth-order valence-corrected chi connectivity index (χ4v) is 2.70. The highest BCUT2D eigenvalue weighted by molar-refractivity contribution is 5.77. The van der Waals surface area contributed by atoms with Crippen LogP contribution in [0.25, 0.3) is 10.9 Å². The molecule has 1 amide bonds. The van der Waals surface area contributed by atoms with E-state index in [4.69, 9.17) is 0 Å². The minimum absolute atomic E-state index is 0.0283. The highest BCUT2D eigenvalue weighted by atomic mass is 16.1. The molecule has 128 valence electrons. The van der Waals surface area contributed by atoms with Crippen molar-refractivity contribution in [2.75, 3.05) is 0 Å². The summed E-state index contributed by atoms with van der Waals surface area (Å²) in [5.41, 5.74) is 1.50. The van der Waals surface area contributed by atoms with Gasteiger partial charge in [-0.15, -0.1) is 0 Å². The summed E-state index contributed by atoms with van der Waals surface area (Å²) in [5, 5.41) is 3.53. The molecule has 0 aliphatic heterocycles. The molecule has 3 rings (SSSR count). The lowest BCUT2D eigenvalue weighted by atomic mass is 10.1. The smallest absolute Gasteiger partial charge is 0.258 e. The zero-order chi connectivity index (χ0) is 17.6. The van der Waals surface area contributed by atoms with Crippen LogP contribution in [-0.2, 0) is 11.2 Å². The third-order valence-electron chi connectivity index (χ3n) is 4.04. The molecule has 1 aromatic carbocycles. The number of hydrogen-bond donors (Lipinski definition) is 2. The molecule has 6 nitrogen and oxygen atoms in total. The Balaban J connectivity index is 1.54. The van der Waals surface area contributed by atoms with Crippen LogP contribution >= 0.6 is 0 Å². The van der Waals surface area contributed by atoms with Crippen LogP contribution < -0.4 is 10.9 Å². The Hall–Kier alpha value is -3.02. The Morgan fingerprint density at radius 3 is 2.88 bits per heavy atom. The van der Waals surface area contributed by atoms with Gasteiger partial charge in [0.1, 0.15) is 5.82 Å². The fourth-order valence-electron chi connectivity index (χ4n) is 2.70. The molecule has 0 saturated carbocycles. The van der Waals surface area contributed by atoms with Crippen molar-refractivity contribution >= 4 is 16.8 Å². The molecule has 0 aliphatic carbocycles. The first-order chi connectivity index (χ1) is 12.1. The predicted molar refractivity (Wildman–Crippen MR) is 96.1 cm³/mol. The quantitative estimate of drug-likeness (QED) is 0.724. The van der Waals surface area contributed by atoms with Gasteiger partial charge < -0.3 is 10.3 Å². The van der Waals surface area contributed by atoms with E-state index < -0.39 is 0 Å². The zero-order valence-electron chi connectivity index (χ0n) is 14.0. The molecule has 2 N–H and O–H groups in total. The number of carbonyl (C=O) groups excluding carboxylic acids is 1. The molecule has 0 aliphatic rings. The van der Waals surface area contributed by atoms with Gasteiger partial charge in [0, 0.05) is 25.2 Å². The van der Waals surface area contributed by atoms with E-state index in [1.165, 1.54) is 0 Å². The van der Waals surface area contributed by atoms with E-state index in [2.05, 4.69) is 20.3 Å². The largest absolute Gasteiger partial charge is 0.350 e. The van der Waals surface area contributed by atoms with E-state index in [1.54, 1.807) is 18.5 Å². The highest BCUT2D eigenvalue weighted by Crippen LogP contribution is 2.11. The first kappa shape index (κ1) is 16.8. The summed E-state index contributed by atoms with van der Waals surface area (Å²) >= 11 is 0. The Kier molecular flexibility index (Phi) is 5.18. The second kappa shape index (κ2) is 7.70. The summed E-state index contributed by atoms with van der Waals surface area (Å²) in [6, 6.07) is 10.9. The molecule has 1 atom stereocenters. The minimum Gasteiger partial charge on any atom is -0.350 e. The number of carbonyl (C=O) groups is 1. The normalized spacial score (nSPS) is 12.0. The molecule has 2 aromatic heterocycles. The topological polar surface area (TPSA) is 87.7 Å². The van der Waals surface area contributed by atoms with Gasteiger partial charge in [-0.3, -0.25) is 14.6 Å². The Morgan fingerprint density at radius 1 is 1.24 bits per heavy atom. The van der Waals surface area contributed by atoms with Crippen molar-refractivity contribution in [3.8, 4) is 0 Å². The van der Waals surface area contributed by atoms with Crippen molar-refractivity contribution in [3.05, 3.63) is 70.5 Å². The lowest BCUT2D eigenvalue weighted by Crippen LogP contribution is -2.26. The van der Waals surface area contributed by atoms with Crippen LogP contribution in [0.2, 0.25) is 0 Å². The fraction of sp³-hybridized carbons (Fsp3) is 0.263. The van der Waals surface area contributed by atoms with Gasteiger partial charge in [0.15, 0.2) is 0 Å². The van der Waals surface area contributed by atoms with Gasteiger partial charge in [0.05, 0.1) is 16.9 Å². The second-order valence-corrected chi connectivity index (χ2v) is 5.96. The Morgan fingerprint density at radius 2 is 2.08 bits per heavy atom. The van der Waals surface area contributed by atoms with Crippen molar-refractivity contribution in [3.63, 3.8) is 0 Å². The van der Waals surface area contributed by atoms with Crippen LogP contribution in [0.15, 0.2) is 53.6 Å². The highest BCUT2D eigenvalue weighted by Gasteiger charge is 2.10. The molecule has 0 bridgehead atoms. The maximum Gasteiger partial charge on any atom is 0.258 e. The molecule has 0 saturated heterocycles. The minimum atomic E-state index is -0.143. The maximum atomic E-state index is 12.1. The monoisotopic (exact) mass is 336 g/mol. The molecular formula is C19H20N4O2.